The molecule has 0 radical (unpaired) electrons. The smallest absolute Gasteiger partial charge is 0.244 e. The highest BCUT2D eigenvalue weighted by atomic mass is 16.2. The number of imide groups is 1. The summed E-state index contributed by atoms with van der Waals surface area (Å²) in [6.45, 7) is -0.228. The predicted octanol–water partition coefficient (Wildman–Crippen LogP) is 3.57. The van der Waals surface area contributed by atoms with Crippen molar-refractivity contribution in [2.24, 2.45) is 11.8 Å². The van der Waals surface area contributed by atoms with Crippen LogP contribution in [0.1, 0.15) is 25.7 Å². The van der Waals surface area contributed by atoms with Crippen LogP contribution in [0.5, 0.6) is 0 Å². The van der Waals surface area contributed by atoms with Gasteiger partial charge < -0.3 is 10.2 Å². The number of hydrogen-bond donors (Lipinski definition) is 1. The fourth-order valence-corrected chi connectivity index (χ4v) is 4.38. The van der Waals surface area contributed by atoms with E-state index in [1.165, 1.54) is 0 Å². The van der Waals surface area contributed by atoms with Gasteiger partial charge in [0.2, 0.25) is 17.7 Å². The van der Waals surface area contributed by atoms with E-state index >= 15 is 0 Å². The van der Waals surface area contributed by atoms with E-state index in [1.807, 2.05) is 66.5 Å². The molecule has 2 fully saturated rings. The highest BCUT2D eigenvalue weighted by Gasteiger charge is 2.48. The van der Waals surface area contributed by atoms with Crippen molar-refractivity contribution in [3.05, 3.63) is 54.6 Å². The molecule has 4 rings (SSSR count). The predicted molar refractivity (Wildman–Crippen MR) is 112 cm³/mol. The normalized spacial score (nSPS) is 21.1. The fourth-order valence-electron chi connectivity index (χ4n) is 4.38. The van der Waals surface area contributed by atoms with Crippen molar-refractivity contribution in [3.63, 3.8) is 0 Å². The second-order valence-corrected chi connectivity index (χ2v) is 7.72. The van der Waals surface area contributed by atoms with E-state index in [2.05, 4.69) is 5.32 Å². The third kappa shape index (κ3) is 3.75. The minimum Gasteiger partial charge on any atom is -0.343 e. The van der Waals surface area contributed by atoms with E-state index in [4.69, 9.17) is 0 Å². The standard InChI is InChI=1S/C23H25N3O3/c1-25(16-9-3-2-4-10-16)20-14-8-7-13-19(20)24-21(27)15-26-22(28)17-11-5-6-12-18(17)23(26)29/h2-4,7-10,13-14,17-18H,5-6,11-12,15H2,1H3,(H,24,27). The van der Waals surface area contributed by atoms with Crippen LogP contribution >= 0.6 is 0 Å². The number of nitrogens with zero attached hydrogens (tertiary/aromatic N) is 2. The lowest BCUT2D eigenvalue weighted by Gasteiger charge is -2.23. The maximum atomic E-state index is 12.7. The van der Waals surface area contributed by atoms with E-state index in [1.54, 1.807) is 0 Å². The summed E-state index contributed by atoms with van der Waals surface area (Å²) in [5.41, 5.74) is 2.46. The number of para-hydroxylation sites is 3. The third-order valence-corrected chi connectivity index (χ3v) is 5.92. The SMILES string of the molecule is CN(c1ccccc1)c1ccccc1NC(=O)CN1C(=O)C2CCCCC2C1=O. The number of amides is 3. The third-order valence-electron chi connectivity index (χ3n) is 5.92. The largest absolute Gasteiger partial charge is 0.343 e. The van der Waals surface area contributed by atoms with Crippen molar-refractivity contribution in [2.75, 3.05) is 23.8 Å². The lowest BCUT2D eigenvalue weighted by atomic mass is 9.81. The summed E-state index contributed by atoms with van der Waals surface area (Å²) >= 11 is 0. The van der Waals surface area contributed by atoms with Crippen molar-refractivity contribution >= 4 is 34.8 Å². The zero-order valence-corrected chi connectivity index (χ0v) is 16.5. The number of nitrogens with one attached hydrogen (secondary N) is 1. The summed E-state index contributed by atoms with van der Waals surface area (Å²) in [6, 6.07) is 17.3. The number of hydrogen-bond acceptors (Lipinski definition) is 4. The minimum atomic E-state index is -0.362. The monoisotopic (exact) mass is 391 g/mol. The van der Waals surface area contributed by atoms with Crippen molar-refractivity contribution < 1.29 is 14.4 Å². The molecule has 1 aliphatic heterocycles. The molecule has 1 saturated heterocycles. The molecule has 1 heterocycles. The number of fused-ring (bicyclic) bond motifs is 1. The quantitative estimate of drug-likeness (QED) is 0.791. The molecule has 2 aliphatic rings. The van der Waals surface area contributed by atoms with E-state index in [9.17, 15) is 14.4 Å². The Balaban J connectivity index is 1.48. The van der Waals surface area contributed by atoms with Crippen LogP contribution in [0, 0.1) is 11.8 Å². The molecule has 29 heavy (non-hydrogen) atoms. The number of carbonyl (C=O) groups excluding carboxylic acids is 3. The molecule has 0 aromatic heterocycles. The van der Waals surface area contributed by atoms with Crippen molar-refractivity contribution in [2.45, 2.75) is 25.7 Å². The first-order valence-corrected chi connectivity index (χ1v) is 10.1. The van der Waals surface area contributed by atoms with Crippen molar-refractivity contribution in [1.82, 2.24) is 4.90 Å². The molecule has 0 spiro atoms. The van der Waals surface area contributed by atoms with Crippen LogP contribution in [-0.2, 0) is 14.4 Å². The zero-order valence-electron chi connectivity index (χ0n) is 16.5. The van der Waals surface area contributed by atoms with Crippen LogP contribution in [0.2, 0.25) is 0 Å². The van der Waals surface area contributed by atoms with Gasteiger partial charge in [0.05, 0.1) is 23.2 Å². The molecule has 6 nitrogen and oxygen atoms in total. The molecule has 1 aliphatic carbocycles. The first kappa shape index (κ1) is 19.2. The number of likely N-dealkylation sites (tertiary alicyclic amines) is 1. The molecule has 2 aromatic rings. The summed E-state index contributed by atoms with van der Waals surface area (Å²) in [5, 5.41) is 2.88. The minimum absolute atomic E-state index is 0.190. The number of rotatable bonds is 5. The Hall–Kier alpha value is -3.15. The van der Waals surface area contributed by atoms with Crippen molar-refractivity contribution in [3.8, 4) is 0 Å². The maximum absolute atomic E-state index is 12.7. The molecule has 0 bridgehead atoms. The lowest BCUT2D eigenvalue weighted by Crippen LogP contribution is -2.38. The molecule has 6 heteroatoms. The van der Waals surface area contributed by atoms with Gasteiger partial charge >= 0.3 is 0 Å². The van der Waals surface area contributed by atoms with Gasteiger partial charge in [0, 0.05) is 12.7 Å². The van der Waals surface area contributed by atoms with Gasteiger partial charge in [-0.1, -0.05) is 43.2 Å². The van der Waals surface area contributed by atoms with Gasteiger partial charge in [-0.3, -0.25) is 19.3 Å². The first-order valence-electron chi connectivity index (χ1n) is 10.1. The second kappa shape index (κ2) is 8.07. The van der Waals surface area contributed by atoms with Gasteiger partial charge in [-0.15, -0.1) is 0 Å². The first-order chi connectivity index (χ1) is 14.1. The average molecular weight is 391 g/mol. The van der Waals surface area contributed by atoms with Crippen molar-refractivity contribution in [1.29, 1.82) is 0 Å². The Morgan fingerprint density at radius 3 is 2.21 bits per heavy atom. The zero-order chi connectivity index (χ0) is 20.4. The summed E-state index contributed by atoms with van der Waals surface area (Å²) in [4.78, 5) is 41.1. The Morgan fingerprint density at radius 2 is 1.55 bits per heavy atom. The fraction of sp³-hybridized carbons (Fsp3) is 0.348. The van der Waals surface area contributed by atoms with E-state index in [0.717, 1.165) is 42.0 Å². The van der Waals surface area contributed by atoms with Gasteiger partial charge in [-0.25, -0.2) is 0 Å². The van der Waals surface area contributed by atoms with Crippen LogP contribution in [0.25, 0.3) is 0 Å². The molecule has 2 atom stereocenters. The maximum Gasteiger partial charge on any atom is 0.244 e. The van der Waals surface area contributed by atoms with Gasteiger partial charge in [0.25, 0.3) is 0 Å². The molecule has 1 saturated carbocycles. The van der Waals surface area contributed by atoms with Crippen LogP contribution in [0.15, 0.2) is 54.6 Å². The van der Waals surface area contributed by atoms with Crippen LogP contribution < -0.4 is 10.2 Å². The second-order valence-electron chi connectivity index (χ2n) is 7.72. The molecular formula is C23H25N3O3. The Kier molecular flexibility index (Phi) is 5.34. The van der Waals surface area contributed by atoms with Crippen LogP contribution in [0.3, 0.4) is 0 Å². The van der Waals surface area contributed by atoms with Crippen LogP contribution in [-0.4, -0.2) is 36.2 Å². The highest BCUT2D eigenvalue weighted by molar-refractivity contribution is 6.09. The molecular weight excluding hydrogens is 366 g/mol. The lowest BCUT2D eigenvalue weighted by molar-refractivity contribution is -0.142. The molecule has 2 unspecified atom stereocenters. The number of anilines is 3. The van der Waals surface area contributed by atoms with E-state index in [-0.39, 0.29) is 36.1 Å². The molecule has 1 N–H and O–H groups in total. The summed E-state index contributed by atoms with van der Waals surface area (Å²) in [5.74, 6) is -1.21. The molecule has 150 valence electrons. The number of benzene rings is 2. The van der Waals surface area contributed by atoms with Gasteiger partial charge in [0.1, 0.15) is 6.54 Å². The Morgan fingerprint density at radius 1 is 0.966 bits per heavy atom. The average Bonchev–Trinajstić information content (AvgIpc) is 2.99. The van der Waals surface area contributed by atoms with Gasteiger partial charge in [0.15, 0.2) is 0 Å². The van der Waals surface area contributed by atoms with Gasteiger partial charge in [-0.05, 0) is 37.1 Å². The highest BCUT2D eigenvalue weighted by Crippen LogP contribution is 2.38. The summed E-state index contributed by atoms with van der Waals surface area (Å²) in [6.07, 6.45) is 3.44. The van der Waals surface area contributed by atoms with E-state index < -0.39 is 0 Å². The Bertz CT molecular complexity index is 904. The topological polar surface area (TPSA) is 69.7 Å². The van der Waals surface area contributed by atoms with E-state index in [0.29, 0.717) is 5.69 Å². The number of carbonyl (C=O) groups is 3. The Labute approximate surface area is 170 Å². The molecule has 3 amide bonds. The summed E-state index contributed by atoms with van der Waals surface area (Å²) in [7, 11) is 1.93. The molecule has 2 aromatic carbocycles. The van der Waals surface area contributed by atoms with Crippen LogP contribution in [0.4, 0.5) is 17.1 Å². The van der Waals surface area contributed by atoms with Gasteiger partial charge in [-0.2, -0.15) is 0 Å². The summed E-state index contributed by atoms with van der Waals surface area (Å²) < 4.78 is 0.